The maximum absolute atomic E-state index is 13.7. The third-order valence-corrected chi connectivity index (χ3v) is 7.41. The van der Waals surface area contributed by atoms with Crippen LogP contribution in [-0.4, -0.2) is 41.7 Å². The molecule has 0 radical (unpaired) electrons. The van der Waals surface area contributed by atoms with E-state index in [1.165, 1.54) is 11.8 Å². The Morgan fingerprint density at radius 3 is 2.35 bits per heavy atom. The van der Waals surface area contributed by atoms with Crippen molar-refractivity contribution in [2.75, 3.05) is 12.9 Å². The lowest BCUT2D eigenvalue weighted by atomic mass is 10.0. The average Bonchev–Trinajstić information content (AvgIpc) is 2.92. The molecular formula is C30H35ClN2O3S. The van der Waals surface area contributed by atoms with E-state index in [-0.39, 0.29) is 23.6 Å². The molecule has 0 saturated carbocycles. The van der Waals surface area contributed by atoms with E-state index in [0.29, 0.717) is 29.5 Å². The van der Waals surface area contributed by atoms with Gasteiger partial charge in [0.25, 0.3) is 0 Å². The highest BCUT2D eigenvalue weighted by molar-refractivity contribution is 7.99. The van der Waals surface area contributed by atoms with Crippen molar-refractivity contribution < 1.29 is 14.3 Å². The predicted octanol–water partition coefficient (Wildman–Crippen LogP) is 6.14. The number of thioether (sulfide) groups is 1. The van der Waals surface area contributed by atoms with Gasteiger partial charge in [-0.25, -0.2) is 0 Å². The lowest BCUT2D eigenvalue weighted by Gasteiger charge is -2.32. The number of amides is 2. The van der Waals surface area contributed by atoms with Crippen LogP contribution in [0.5, 0.6) is 5.75 Å². The van der Waals surface area contributed by atoms with Crippen molar-refractivity contribution in [3.8, 4) is 5.75 Å². The highest BCUT2D eigenvalue weighted by atomic mass is 35.5. The van der Waals surface area contributed by atoms with E-state index < -0.39 is 6.04 Å². The highest BCUT2D eigenvalue weighted by Crippen LogP contribution is 2.21. The highest BCUT2D eigenvalue weighted by Gasteiger charge is 2.31. The molecule has 3 aromatic carbocycles. The summed E-state index contributed by atoms with van der Waals surface area (Å²) in [7, 11) is 1.62. The molecule has 3 rings (SSSR count). The van der Waals surface area contributed by atoms with Crippen LogP contribution in [0.25, 0.3) is 0 Å². The Kier molecular flexibility index (Phi) is 11.4. The lowest BCUT2D eigenvalue weighted by molar-refractivity contribution is -0.139. The van der Waals surface area contributed by atoms with E-state index in [4.69, 9.17) is 16.3 Å². The Hall–Kier alpha value is -2.96. The minimum Gasteiger partial charge on any atom is -0.497 e. The van der Waals surface area contributed by atoms with Crippen LogP contribution in [0.2, 0.25) is 5.02 Å². The Morgan fingerprint density at radius 1 is 0.973 bits per heavy atom. The summed E-state index contributed by atoms with van der Waals surface area (Å²) in [4.78, 5) is 29.0. The van der Waals surface area contributed by atoms with Crippen LogP contribution in [0.4, 0.5) is 0 Å². The second-order valence-corrected chi connectivity index (χ2v) is 10.4. The fourth-order valence-corrected chi connectivity index (χ4v) is 4.88. The molecule has 0 aliphatic heterocycles. The number of benzene rings is 3. The van der Waals surface area contributed by atoms with Gasteiger partial charge in [0, 0.05) is 29.8 Å². The van der Waals surface area contributed by atoms with E-state index in [1.807, 2.05) is 92.7 Å². The summed E-state index contributed by atoms with van der Waals surface area (Å²) in [6.45, 7) is 4.32. The van der Waals surface area contributed by atoms with Crippen LogP contribution in [0.3, 0.4) is 0 Å². The Morgan fingerprint density at radius 2 is 1.68 bits per heavy atom. The molecule has 3 aromatic rings. The van der Waals surface area contributed by atoms with Gasteiger partial charge in [0.15, 0.2) is 0 Å². The number of ether oxygens (including phenoxy) is 1. The van der Waals surface area contributed by atoms with Gasteiger partial charge in [-0.2, -0.15) is 0 Å². The van der Waals surface area contributed by atoms with Gasteiger partial charge in [-0.1, -0.05) is 73.1 Å². The number of rotatable bonds is 13. The van der Waals surface area contributed by atoms with Gasteiger partial charge in [0.05, 0.1) is 12.9 Å². The summed E-state index contributed by atoms with van der Waals surface area (Å²) in [5, 5.41) is 3.79. The van der Waals surface area contributed by atoms with E-state index in [2.05, 4.69) is 5.32 Å². The minimum atomic E-state index is -0.647. The van der Waals surface area contributed by atoms with Crippen LogP contribution in [0.15, 0.2) is 78.9 Å². The molecule has 0 bridgehead atoms. The molecule has 2 amide bonds. The first-order valence-electron chi connectivity index (χ1n) is 12.5. The van der Waals surface area contributed by atoms with Gasteiger partial charge in [0.1, 0.15) is 11.8 Å². The second-order valence-electron chi connectivity index (χ2n) is 9.02. The number of hydrogen-bond acceptors (Lipinski definition) is 4. The second kappa shape index (κ2) is 14.7. The topological polar surface area (TPSA) is 58.6 Å². The van der Waals surface area contributed by atoms with Gasteiger partial charge in [-0.05, 0) is 54.3 Å². The Bertz CT molecular complexity index is 1140. The quantitative estimate of drug-likeness (QED) is 0.284. The van der Waals surface area contributed by atoms with Crippen molar-refractivity contribution >= 4 is 35.2 Å². The number of hydrogen-bond donors (Lipinski definition) is 1. The van der Waals surface area contributed by atoms with Gasteiger partial charge < -0.3 is 15.0 Å². The van der Waals surface area contributed by atoms with Crippen LogP contribution in [0.1, 0.15) is 37.0 Å². The van der Waals surface area contributed by atoms with Gasteiger partial charge in [-0.15, -0.1) is 11.8 Å². The molecule has 0 saturated heterocycles. The zero-order valence-corrected chi connectivity index (χ0v) is 23.2. The summed E-state index contributed by atoms with van der Waals surface area (Å²) < 4.78 is 5.39. The number of methoxy groups -OCH3 is 1. The SMILES string of the molecule is CC[C@@H](C)NC(=O)[C@@H](Cc1ccccc1)N(Cc1cccc(OC)c1)C(=O)CSCc1ccc(Cl)cc1. The molecule has 0 fully saturated rings. The first kappa shape index (κ1) is 28.6. The number of halogens is 1. The van der Waals surface area contributed by atoms with Crippen LogP contribution < -0.4 is 10.1 Å². The average molecular weight is 539 g/mol. The van der Waals surface area contributed by atoms with Crippen molar-refractivity contribution in [3.63, 3.8) is 0 Å². The third-order valence-electron chi connectivity index (χ3n) is 6.17. The molecule has 196 valence electrons. The number of nitrogens with zero attached hydrogens (tertiary/aromatic N) is 1. The van der Waals surface area contributed by atoms with E-state index in [0.717, 1.165) is 23.1 Å². The van der Waals surface area contributed by atoms with Gasteiger partial charge >= 0.3 is 0 Å². The third kappa shape index (κ3) is 9.13. The van der Waals surface area contributed by atoms with Crippen LogP contribution in [-0.2, 0) is 28.3 Å². The normalized spacial score (nSPS) is 12.4. The summed E-state index contributed by atoms with van der Waals surface area (Å²) in [5.74, 6) is 1.43. The maximum atomic E-state index is 13.7. The molecule has 2 atom stereocenters. The summed E-state index contributed by atoms with van der Waals surface area (Å²) >= 11 is 7.53. The van der Waals surface area contributed by atoms with Crippen molar-refractivity contribution in [2.45, 2.75) is 51.1 Å². The summed E-state index contributed by atoms with van der Waals surface area (Å²) in [5.41, 5.74) is 3.01. The molecule has 0 aliphatic rings. The number of carbonyl (C=O) groups is 2. The van der Waals surface area contributed by atoms with Crippen molar-refractivity contribution in [1.82, 2.24) is 10.2 Å². The van der Waals surface area contributed by atoms with Crippen LogP contribution in [0, 0.1) is 0 Å². The van der Waals surface area contributed by atoms with Crippen molar-refractivity contribution in [2.24, 2.45) is 0 Å². The van der Waals surface area contributed by atoms with Crippen molar-refractivity contribution in [3.05, 3.63) is 101 Å². The van der Waals surface area contributed by atoms with E-state index in [9.17, 15) is 9.59 Å². The molecule has 0 aliphatic carbocycles. The molecule has 0 aromatic heterocycles. The fraction of sp³-hybridized carbons (Fsp3) is 0.333. The standard InChI is InChI=1S/C30H35ClN2O3S/c1-4-22(2)32-30(35)28(18-23-9-6-5-7-10-23)33(19-25-11-8-12-27(17-25)36-3)29(34)21-37-20-24-13-15-26(31)16-14-24/h5-17,22,28H,4,18-21H2,1-3H3,(H,32,35)/t22-,28-/m1/s1. The first-order valence-corrected chi connectivity index (χ1v) is 14.0. The Balaban J connectivity index is 1.86. The zero-order chi connectivity index (χ0) is 26.6. The first-order chi connectivity index (χ1) is 17.9. The van der Waals surface area contributed by atoms with Crippen LogP contribution >= 0.6 is 23.4 Å². The number of nitrogens with one attached hydrogen (secondary N) is 1. The molecule has 1 N–H and O–H groups in total. The number of carbonyl (C=O) groups excluding carboxylic acids is 2. The predicted molar refractivity (Wildman–Crippen MR) is 153 cm³/mol. The molecule has 37 heavy (non-hydrogen) atoms. The van der Waals surface area contributed by atoms with E-state index in [1.54, 1.807) is 12.0 Å². The molecule has 0 heterocycles. The maximum Gasteiger partial charge on any atom is 0.243 e. The molecule has 7 heteroatoms. The fourth-order valence-electron chi connectivity index (χ4n) is 3.88. The Labute approximate surface area is 229 Å². The summed E-state index contributed by atoms with van der Waals surface area (Å²) in [6.07, 6.45) is 1.24. The molecule has 5 nitrogen and oxygen atoms in total. The summed E-state index contributed by atoms with van der Waals surface area (Å²) in [6, 6.07) is 24.5. The smallest absolute Gasteiger partial charge is 0.243 e. The van der Waals surface area contributed by atoms with Gasteiger partial charge in [0.2, 0.25) is 11.8 Å². The lowest BCUT2D eigenvalue weighted by Crippen LogP contribution is -2.52. The molecule has 0 spiro atoms. The molecule has 0 unspecified atom stereocenters. The van der Waals surface area contributed by atoms with Crippen molar-refractivity contribution in [1.29, 1.82) is 0 Å². The minimum absolute atomic E-state index is 0.0128. The zero-order valence-electron chi connectivity index (χ0n) is 21.7. The largest absolute Gasteiger partial charge is 0.497 e. The molecular weight excluding hydrogens is 504 g/mol. The van der Waals surface area contributed by atoms with Gasteiger partial charge in [-0.3, -0.25) is 9.59 Å². The monoisotopic (exact) mass is 538 g/mol. The van der Waals surface area contributed by atoms with E-state index >= 15 is 0 Å².